The number of esters is 1. The van der Waals surface area contributed by atoms with Crippen molar-refractivity contribution in [1.29, 1.82) is 0 Å². The minimum absolute atomic E-state index is 0.232. The molecule has 162 valence electrons. The summed E-state index contributed by atoms with van der Waals surface area (Å²) in [6, 6.07) is 6.74. The van der Waals surface area contributed by atoms with Gasteiger partial charge in [-0.15, -0.1) is 11.3 Å². The first-order valence-corrected chi connectivity index (χ1v) is 10.8. The molecule has 10 heteroatoms. The van der Waals surface area contributed by atoms with E-state index < -0.39 is 17.5 Å². The van der Waals surface area contributed by atoms with Crippen LogP contribution >= 0.6 is 11.3 Å². The first-order chi connectivity index (χ1) is 15.0. The molecule has 2 heterocycles. The number of carbonyl (C=O) groups is 2. The number of fused-ring (bicyclic) bond motifs is 1. The van der Waals surface area contributed by atoms with Crippen LogP contribution in [0, 0.1) is 0 Å². The number of amides is 1. The molecule has 1 amide bonds. The maximum Gasteiger partial charge on any atom is 0.441 e. The lowest BCUT2D eigenvalue weighted by Gasteiger charge is -2.12. The van der Waals surface area contributed by atoms with Gasteiger partial charge in [-0.25, -0.2) is 9.59 Å². The molecule has 1 aromatic carbocycles. The largest absolute Gasteiger partial charge is 0.497 e. The summed E-state index contributed by atoms with van der Waals surface area (Å²) >= 11 is 1.35. The van der Waals surface area contributed by atoms with Crippen LogP contribution in [0.5, 0.6) is 5.75 Å². The maximum atomic E-state index is 13.1. The molecule has 1 aliphatic carbocycles. The number of methoxy groups -OCH3 is 1. The lowest BCUT2D eigenvalue weighted by molar-refractivity contribution is -0.672. The molecule has 0 unspecified atom stereocenters. The van der Waals surface area contributed by atoms with Crippen molar-refractivity contribution in [2.75, 3.05) is 19.0 Å². The van der Waals surface area contributed by atoms with Crippen molar-refractivity contribution in [3.8, 4) is 11.4 Å². The topological polar surface area (TPSA) is 115 Å². The van der Waals surface area contributed by atoms with E-state index in [1.54, 1.807) is 38.3 Å². The summed E-state index contributed by atoms with van der Waals surface area (Å²) in [5.41, 5.74) is 0.742. The first kappa shape index (κ1) is 20.9. The highest BCUT2D eigenvalue weighted by Crippen LogP contribution is 2.38. The van der Waals surface area contributed by atoms with Crippen molar-refractivity contribution >= 4 is 28.2 Å². The van der Waals surface area contributed by atoms with Gasteiger partial charge in [0.05, 0.1) is 19.3 Å². The summed E-state index contributed by atoms with van der Waals surface area (Å²) in [4.78, 5) is 39.0. The number of hydrogen-bond donors (Lipinski definition) is 2. The number of anilines is 1. The Balaban J connectivity index is 1.69. The summed E-state index contributed by atoms with van der Waals surface area (Å²) in [6.07, 6.45) is 3.61. The minimum Gasteiger partial charge on any atom is -0.497 e. The third-order valence-corrected chi connectivity index (χ3v) is 6.28. The quantitative estimate of drug-likeness (QED) is 0.446. The summed E-state index contributed by atoms with van der Waals surface area (Å²) in [5, 5.41) is 5.56. The maximum absolute atomic E-state index is 13.1. The van der Waals surface area contributed by atoms with E-state index in [1.165, 1.54) is 16.0 Å². The fraction of sp³-hybridized carbons (Fsp3) is 0.333. The SMILES string of the molecule is CCOC(=O)c1c(NC(=O)c2c(=O)o[nH][n+]2-c2ccc(OC)cc2)sc2c1CCCC2. The van der Waals surface area contributed by atoms with Crippen LogP contribution in [-0.4, -0.2) is 30.9 Å². The third-order valence-electron chi connectivity index (χ3n) is 5.07. The summed E-state index contributed by atoms with van der Waals surface area (Å²) < 4.78 is 16.5. The lowest BCUT2D eigenvalue weighted by Crippen LogP contribution is -2.42. The molecule has 0 bridgehead atoms. The van der Waals surface area contributed by atoms with Crippen molar-refractivity contribution < 1.29 is 28.3 Å². The molecule has 0 saturated heterocycles. The van der Waals surface area contributed by atoms with E-state index in [-0.39, 0.29) is 12.3 Å². The lowest BCUT2D eigenvalue weighted by atomic mass is 9.95. The Morgan fingerprint density at radius 1 is 1.23 bits per heavy atom. The van der Waals surface area contributed by atoms with E-state index in [2.05, 4.69) is 10.6 Å². The Morgan fingerprint density at radius 3 is 2.68 bits per heavy atom. The number of nitrogens with one attached hydrogen (secondary N) is 2. The Hall–Kier alpha value is -3.40. The molecule has 3 aromatic rings. The highest BCUT2D eigenvalue weighted by molar-refractivity contribution is 7.17. The van der Waals surface area contributed by atoms with E-state index in [1.807, 2.05) is 0 Å². The van der Waals surface area contributed by atoms with Crippen LogP contribution in [0.4, 0.5) is 5.00 Å². The van der Waals surface area contributed by atoms with E-state index in [9.17, 15) is 14.4 Å². The predicted molar refractivity (Wildman–Crippen MR) is 112 cm³/mol. The van der Waals surface area contributed by atoms with Gasteiger partial charge in [0.15, 0.2) is 0 Å². The zero-order chi connectivity index (χ0) is 22.0. The minimum atomic E-state index is -0.827. The number of aromatic nitrogens is 2. The third kappa shape index (κ3) is 3.98. The van der Waals surface area contributed by atoms with Crippen LogP contribution in [0.1, 0.15) is 51.1 Å². The van der Waals surface area contributed by atoms with Gasteiger partial charge in [0.25, 0.3) is 0 Å². The Labute approximate surface area is 181 Å². The zero-order valence-corrected chi connectivity index (χ0v) is 18.0. The molecule has 0 fully saturated rings. The number of hydrogen-bond acceptors (Lipinski definition) is 7. The number of H-pyrrole nitrogens is 1. The standard InChI is InChI=1S/C21H21N3O6S/c1-3-29-20(26)16-14-6-4-5-7-15(14)31-19(16)22-18(25)17-21(27)30-23-24(17)12-8-10-13(28-2)11-9-12/h8-11H,3-7H2,1-2H3,(H-,22,23,25,26,27)/p+1. The molecule has 2 aromatic heterocycles. The molecule has 2 N–H and O–H groups in total. The van der Waals surface area contributed by atoms with Crippen molar-refractivity contribution in [1.82, 2.24) is 5.27 Å². The molecule has 4 rings (SSSR count). The number of carbonyl (C=O) groups excluding carboxylic acids is 2. The average Bonchev–Trinajstić information content (AvgIpc) is 3.34. The van der Waals surface area contributed by atoms with Crippen molar-refractivity contribution in [2.45, 2.75) is 32.6 Å². The second-order valence-electron chi connectivity index (χ2n) is 6.95. The summed E-state index contributed by atoms with van der Waals surface area (Å²) in [6.45, 7) is 1.97. The number of aromatic amines is 1. The highest BCUT2D eigenvalue weighted by Gasteiger charge is 2.34. The van der Waals surface area contributed by atoms with Crippen LogP contribution in [0.2, 0.25) is 0 Å². The van der Waals surface area contributed by atoms with E-state index >= 15 is 0 Å². The fourth-order valence-electron chi connectivity index (χ4n) is 3.62. The molecule has 0 spiro atoms. The molecule has 1 aliphatic rings. The molecule has 31 heavy (non-hydrogen) atoms. The van der Waals surface area contributed by atoms with Gasteiger partial charge < -0.3 is 14.8 Å². The second-order valence-corrected chi connectivity index (χ2v) is 8.06. The van der Waals surface area contributed by atoms with Crippen LogP contribution in [0.25, 0.3) is 5.69 Å². The molecule has 9 nitrogen and oxygen atoms in total. The van der Waals surface area contributed by atoms with Crippen molar-refractivity contribution in [3.63, 3.8) is 0 Å². The van der Waals surface area contributed by atoms with Crippen LogP contribution < -0.4 is 20.4 Å². The zero-order valence-electron chi connectivity index (χ0n) is 17.1. The van der Waals surface area contributed by atoms with Crippen LogP contribution in [-0.2, 0) is 17.6 Å². The number of aryl methyl sites for hydroxylation is 1. The molecular weight excluding hydrogens is 422 g/mol. The number of nitrogens with zero attached hydrogens (tertiary/aromatic N) is 1. The molecule has 0 atom stereocenters. The smallest absolute Gasteiger partial charge is 0.441 e. The normalized spacial score (nSPS) is 12.8. The van der Waals surface area contributed by atoms with Gasteiger partial charge in [-0.2, -0.15) is 0 Å². The number of thiophene rings is 1. The van der Waals surface area contributed by atoms with Gasteiger partial charge in [-0.3, -0.25) is 9.32 Å². The van der Waals surface area contributed by atoms with Gasteiger partial charge in [0.1, 0.15) is 10.8 Å². The second kappa shape index (κ2) is 8.76. The van der Waals surface area contributed by atoms with Crippen LogP contribution in [0.15, 0.2) is 33.6 Å². The van der Waals surface area contributed by atoms with E-state index in [4.69, 9.17) is 14.0 Å². The Bertz CT molecular complexity index is 1170. The van der Waals surface area contributed by atoms with Gasteiger partial charge >= 0.3 is 23.2 Å². The monoisotopic (exact) mass is 444 g/mol. The molecular formula is C21H22N3O6S+. The van der Waals surface area contributed by atoms with Gasteiger partial charge in [-0.05, 0) is 60.3 Å². The molecule has 0 saturated carbocycles. The van der Waals surface area contributed by atoms with Gasteiger partial charge in [0.2, 0.25) is 5.69 Å². The van der Waals surface area contributed by atoms with Gasteiger partial charge in [-0.1, -0.05) is 0 Å². The Kier molecular flexibility index (Phi) is 5.90. The fourth-order valence-corrected chi connectivity index (χ4v) is 4.89. The summed E-state index contributed by atoms with van der Waals surface area (Å²) in [7, 11) is 1.54. The first-order valence-electron chi connectivity index (χ1n) is 9.94. The van der Waals surface area contributed by atoms with Crippen molar-refractivity contribution in [3.05, 3.63) is 56.4 Å². The summed E-state index contributed by atoms with van der Waals surface area (Å²) in [5.74, 6) is -0.527. The van der Waals surface area contributed by atoms with E-state index in [0.717, 1.165) is 36.1 Å². The molecule has 0 aliphatic heterocycles. The number of benzene rings is 1. The van der Waals surface area contributed by atoms with E-state index in [0.29, 0.717) is 22.0 Å². The predicted octanol–water partition coefficient (Wildman–Crippen LogP) is 2.62. The number of rotatable bonds is 6. The highest BCUT2D eigenvalue weighted by atomic mass is 32.1. The van der Waals surface area contributed by atoms with Crippen LogP contribution in [0.3, 0.4) is 0 Å². The van der Waals surface area contributed by atoms with Crippen molar-refractivity contribution in [2.24, 2.45) is 0 Å². The molecule has 0 radical (unpaired) electrons. The number of ether oxygens (including phenoxy) is 2. The average molecular weight is 444 g/mol. The van der Waals surface area contributed by atoms with Gasteiger partial charge in [0, 0.05) is 17.0 Å². The Morgan fingerprint density at radius 2 is 1.97 bits per heavy atom.